The summed E-state index contributed by atoms with van der Waals surface area (Å²) in [4.78, 5) is 60.1. The normalized spacial score (nSPS) is 22.3. The highest BCUT2D eigenvalue weighted by Crippen LogP contribution is 2.36. The van der Waals surface area contributed by atoms with Crippen molar-refractivity contribution in [2.45, 2.75) is 102 Å². The van der Waals surface area contributed by atoms with Crippen LogP contribution in [0.25, 0.3) is 10.9 Å². The van der Waals surface area contributed by atoms with E-state index in [-0.39, 0.29) is 23.6 Å². The summed E-state index contributed by atoms with van der Waals surface area (Å²) in [5, 5.41) is 6.93. The molecule has 39 heavy (non-hydrogen) atoms. The van der Waals surface area contributed by atoms with Gasteiger partial charge in [-0.15, -0.1) is 0 Å². The van der Waals surface area contributed by atoms with Crippen LogP contribution in [0.5, 0.6) is 0 Å². The van der Waals surface area contributed by atoms with Gasteiger partial charge in [0.2, 0.25) is 11.7 Å². The molecule has 3 aliphatic rings. The van der Waals surface area contributed by atoms with E-state index in [0.717, 1.165) is 69.6 Å². The van der Waals surface area contributed by atoms with E-state index in [0.29, 0.717) is 24.9 Å². The standard InChI is InChI=1S/C31H40N4O4/c1-31(22-12-4-2-5-13-22,34-28(37)25-19-18-21-11-8-9-16-24(21)33-25)30(39)35-20-10-17-26(35)27(36)29(38)32-23-14-6-3-7-15-23/h8-9,11,16,18-19,22-23,26H,2-7,10,12-15,17,20H2,1H3,(H,32,38)(H,34,37)/t26?,31-/m1/s1. The van der Waals surface area contributed by atoms with E-state index in [4.69, 9.17) is 0 Å². The lowest BCUT2D eigenvalue weighted by molar-refractivity contribution is -0.148. The van der Waals surface area contributed by atoms with Gasteiger partial charge in [-0.25, -0.2) is 4.98 Å². The number of hydrogen-bond acceptors (Lipinski definition) is 5. The van der Waals surface area contributed by atoms with Gasteiger partial charge in [0.15, 0.2) is 0 Å². The fraction of sp³-hybridized carbons (Fsp3) is 0.581. The van der Waals surface area contributed by atoms with Crippen LogP contribution in [-0.4, -0.2) is 57.6 Å². The van der Waals surface area contributed by atoms with E-state index >= 15 is 0 Å². The number of carbonyl (C=O) groups is 4. The van der Waals surface area contributed by atoms with E-state index in [9.17, 15) is 19.2 Å². The number of benzene rings is 1. The maximum Gasteiger partial charge on any atom is 0.289 e. The lowest BCUT2D eigenvalue weighted by Crippen LogP contribution is -2.64. The Labute approximate surface area is 230 Å². The topological polar surface area (TPSA) is 108 Å². The zero-order chi connectivity index (χ0) is 27.4. The number of rotatable bonds is 7. The van der Waals surface area contributed by atoms with Crippen LogP contribution in [0.3, 0.4) is 0 Å². The number of aromatic nitrogens is 1. The number of fused-ring (bicyclic) bond motifs is 1. The fourth-order valence-corrected chi connectivity index (χ4v) is 6.74. The summed E-state index contributed by atoms with van der Waals surface area (Å²) in [7, 11) is 0. The van der Waals surface area contributed by atoms with Gasteiger partial charge in [-0.3, -0.25) is 19.2 Å². The molecule has 1 unspecified atom stereocenters. The number of pyridine rings is 1. The molecular formula is C31H40N4O4. The predicted octanol–water partition coefficient (Wildman–Crippen LogP) is 4.31. The highest BCUT2D eigenvalue weighted by Gasteiger charge is 2.49. The molecule has 2 N–H and O–H groups in total. The van der Waals surface area contributed by atoms with Gasteiger partial charge in [0, 0.05) is 18.0 Å². The molecule has 0 radical (unpaired) electrons. The minimum Gasteiger partial charge on any atom is -0.347 e. The summed E-state index contributed by atoms with van der Waals surface area (Å²) in [5.74, 6) is -1.87. The van der Waals surface area contributed by atoms with Crippen LogP contribution in [0.1, 0.15) is 94.5 Å². The third-order valence-corrected chi connectivity index (χ3v) is 9.05. The first-order valence-electron chi connectivity index (χ1n) is 14.7. The second-order valence-electron chi connectivity index (χ2n) is 11.7. The summed E-state index contributed by atoms with van der Waals surface area (Å²) < 4.78 is 0. The van der Waals surface area contributed by atoms with Crippen molar-refractivity contribution in [3.05, 3.63) is 42.1 Å². The Morgan fingerprint density at radius 3 is 2.28 bits per heavy atom. The number of hydrogen-bond donors (Lipinski definition) is 2. The molecule has 2 saturated carbocycles. The molecule has 0 bridgehead atoms. The lowest BCUT2D eigenvalue weighted by atomic mass is 9.74. The highest BCUT2D eigenvalue weighted by molar-refractivity contribution is 6.38. The van der Waals surface area contributed by atoms with Crippen molar-refractivity contribution in [3.63, 3.8) is 0 Å². The molecule has 2 aromatic rings. The van der Waals surface area contributed by atoms with Gasteiger partial charge < -0.3 is 15.5 Å². The molecule has 1 aromatic carbocycles. The maximum atomic E-state index is 14.3. The maximum absolute atomic E-state index is 14.3. The largest absolute Gasteiger partial charge is 0.347 e. The first-order valence-corrected chi connectivity index (χ1v) is 14.7. The van der Waals surface area contributed by atoms with Crippen molar-refractivity contribution in [1.29, 1.82) is 0 Å². The Balaban J connectivity index is 1.36. The van der Waals surface area contributed by atoms with Crippen LogP contribution in [0, 0.1) is 5.92 Å². The van der Waals surface area contributed by atoms with Gasteiger partial charge in [-0.2, -0.15) is 0 Å². The lowest BCUT2D eigenvalue weighted by Gasteiger charge is -2.42. The van der Waals surface area contributed by atoms with Crippen molar-refractivity contribution >= 4 is 34.4 Å². The number of para-hydroxylation sites is 1. The number of ketones is 1. The predicted molar refractivity (Wildman–Crippen MR) is 149 cm³/mol. The Hall–Kier alpha value is -3.29. The van der Waals surface area contributed by atoms with Gasteiger partial charge in [0.05, 0.1) is 5.52 Å². The molecule has 2 aliphatic carbocycles. The molecule has 8 nitrogen and oxygen atoms in total. The van der Waals surface area contributed by atoms with Crippen LogP contribution in [0.15, 0.2) is 36.4 Å². The van der Waals surface area contributed by atoms with Crippen LogP contribution in [0.2, 0.25) is 0 Å². The number of Topliss-reactive ketones (excluding diaryl/α,β-unsaturated/α-hetero) is 1. The van der Waals surface area contributed by atoms with E-state index < -0.39 is 29.2 Å². The molecule has 208 valence electrons. The van der Waals surface area contributed by atoms with Crippen LogP contribution in [-0.2, 0) is 14.4 Å². The molecule has 0 spiro atoms. The molecular weight excluding hydrogens is 492 g/mol. The molecule has 1 aliphatic heterocycles. The summed E-state index contributed by atoms with van der Waals surface area (Å²) in [6.45, 7) is 2.20. The monoisotopic (exact) mass is 532 g/mol. The van der Waals surface area contributed by atoms with Gasteiger partial charge in [0.1, 0.15) is 17.3 Å². The second kappa shape index (κ2) is 11.8. The average molecular weight is 533 g/mol. The van der Waals surface area contributed by atoms with Crippen molar-refractivity contribution in [2.24, 2.45) is 5.92 Å². The van der Waals surface area contributed by atoms with Crippen molar-refractivity contribution in [3.8, 4) is 0 Å². The van der Waals surface area contributed by atoms with E-state index in [1.807, 2.05) is 30.3 Å². The SMILES string of the molecule is C[C@](NC(=O)c1ccc2ccccc2n1)(C(=O)N1CCCC1C(=O)C(=O)NC1CCCCC1)C1CCCCC1. The van der Waals surface area contributed by atoms with Crippen molar-refractivity contribution in [1.82, 2.24) is 20.5 Å². The third-order valence-electron chi connectivity index (χ3n) is 9.05. The molecule has 5 rings (SSSR count). The average Bonchev–Trinajstić information content (AvgIpc) is 3.47. The zero-order valence-electron chi connectivity index (χ0n) is 22.9. The number of nitrogens with one attached hydrogen (secondary N) is 2. The van der Waals surface area contributed by atoms with E-state index in [1.54, 1.807) is 17.9 Å². The third kappa shape index (κ3) is 5.85. The smallest absolute Gasteiger partial charge is 0.289 e. The number of carbonyl (C=O) groups excluding carboxylic acids is 4. The molecule has 1 saturated heterocycles. The quantitative estimate of drug-likeness (QED) is 0.517. The molecule has 2 heterocycles. The first kappa shape index (κ1) is 27.3. The Morgan fingerprint density at radius 2 is 1.54 bits per heavy atom. The van der Waals surface area contributed by atoms with Crippen molar-refractivity contribution in [2.75, 3.05) is 6.54 Å². The van der Waals surface area contributed by atoms with Crippen LogP contribution in [0.4, 0.5) is 0 Å². The van der Waals surface area contributed by atoms with Crippen LogP contribution < -0.4 is 10.6 Å². The summed E-state index contributed by atoms with van der Waals surface area (Å²) in [6, 6.07) is 10.4. The number of likely N-dealkylation sites (tertiary alicyclic amines) is 1. The summed E-state index contributed by atoms with van der Waals surface area (Å²) >= 11 is 0. The number of amides is 3. The highest BCUT2D eigenvalue weighted by atomic mass is 16.2. The van der Waals surface area contributed by atoms with Crippen LogP contribution >= 0.6 is 0 Å². The summed E-state index contributed by atoms with van der Waals surface area (Å²) in [5.41, 5.74) is -0.234. The Morgan fingerprint density at radius 1 is 0.846 bits per heavy atom. The minimum atomic E-state index is -1.20. The molecule has 3 fully saturated rings. The molecule has 3 amide bonds. The van der Waals surface area contributed by atoms with Gasteiger partial charge in [-0.1, -0.05) is 62.8 Å². The molecule has 2 atom stereocenters. The second-order valence-corrected chi connectivity index (χ2v) is 11.7. The Bertz CT molecular complexity index is 1230. The fourth-order valence-electron chi connectivity index (χ4n) is 6.74. The Kier molecular flexibility index (Phi) is 8.29. The van der Waals surface area contributed by atoms with E-state index in [1.165, 1.54) is 0 Å². The first-order chi connectivity index (χ1) is 18.9. The van der Waals surface area contributed by atoms with Crippen molar-refractivity contribution < 1.29 is 19.2 Å². The molecule has 8 heteroatoms. The zero-order valence-corrected chi connectivity index (χ0v) is 22.9. The number of nitrogens with zero attached hydrogens (tertiary/aromatic N) is 2. The van der Waals surface area contributed by atoms with Gasteiger partial charge in [0.25, 0.3) is 11.8 Å². The molecule has 1 aromatic heterocycles. The summed E-state index contributed by atoms with van der Waals surface area (Å²) in [6.07, 6.45) is 10.9. The van der Waals surface area contributed by atoms with Gasteiger partial charge in [-0.05, 0) is 63.5 Å². The minimum absolute atomic E-state index is 0.0296. The van der Waals surface area contributed by atoms with E-state index in [2.05, 4.69) is 15.6 Å². The van der Waals surface area contributed by atoms with Gasteiger partial charge >= 0.3 is 0 Å².